The topological polar surface area (TPSA) is 80.2 Å². The van der Waals surface area contributed by atoms with Gasteiger partial charge in [0.15, 0.2) is 5.78 Å². The number of hydrogen-bond donors (Lipinski definition) is 2. The first-order valence-corrected chi connectivity index (χ1v) is 12.4. The second kappa shape index (κ2) is 10.9. The number of carbonyl (C=O) groups excluding carboxylic acids is 2. The van der Waals surface area contributed by atoms with Crippen molar-refractivity contribution < 1.29 is 18.4 Å². The van der Waals surface area contributed by atoms with Gasteiger partial charge in [-0.25, -0.2) is 8.78 Å². The Hall–Kier alpha value is -3.40. The van der Waals surface area contributed by atoms with Crippen molar-refractivity contribution in [3.63, 3.8) is 0 Å². The van der Waals surface area contributed by atoms with Gasteiger partial charge in [-0.15, -0.1) is 12.4 Å². The van der Waals surface area contributed by atoms with E-state index in [0.29, 0.717) is 28.6 Å². The number of fused-ring (bicyclic) bond motifs is 1. The molecule has 10 heteroatoms. The maximum absolute atomic E-state index is 14.7. The van der Waals surface area contributed by atoms with E-state index in [0.717, 1.165) is 24.4 Å². The molecule has 37 heavy (non-hydrogen) atoms. The van der Waals surface area contributed by atoms with Gasteiger partial charge in [-0.2, -0.15) is 0 Å². The number of aromatic nitrogens is 1. The molecule has 0 unspecified atom stereocenters. The molecule has 6 nitrogen and oxygen atoms in total. The second-order valence-electron chi connectivity index (χ2n) is 8.79. The predicted molar refractivity (Wildman–Crippen MR) is 143 cm³/mol. The lowest BCUT2D eigenvalue weighted by Crippen LogP contribution is -2.34. The monoisotopic (exact) mass is 543 g/mol. The van der Waals surface area contributed by atoms with Gasteiger partial charge in [0.05, 0.1) is 11.3 Å². The summed E-state index contributed by atoms with van der Waals surface area (Å²) in [4.78, 5) is 40.0. The van der Waals surface area contributed by atoms with Crippen molar-refractivity contribution in [2.24, 2.45) is 5.92 Å². The fourth-order valence-electron chi connectivity index (χ4n) is 4.48. The van der Waals surface area contributed by atoms with Gasteiger partial charge in [0.25, 0.3) is 5.56 Å². The molecule has 3 heterocycles. The van der Waals surface area contributed by atoms with E-state index in [1.165, 1.54) is 53.1 Å². The average molecular weight is 544 g/mol. The molecule has 5 rings (SSSR count). The van der Waals surface area contributed by atoms with Crippen LogP contribution in [0.4, 0.5) is 13.8 Å². The molecule has 0 aliphatic carbocycles. The van der Waals surface area contributed by atoms with Crippen molar-refractivity contribution in [3.8, 4) is 5.69 Å². The van der Waals surface area contributed by atoms with Crippen LogP contribution in [0.15, 0.2) is 59.4 Å². The number of nitrogens with zero attached hydrogens (tertiary/aromatic N) is 1. The van der Waals surface area contributed by atoms with Crippen LogP contribution in [0, 0.1) is 24.5 Å². The highest BCUT2D eigenvalue weighted by Gasteiger charge is 2.28. The summed E-state index contributed by atoms with van der Waals surface area (Å²) in [5.41, 5.74) is 0.316. The third kappa shape index (κ3) is 5.07. The highest BCUT2D eigenvalue weighted by atomic mass is 35.5. The number of hydrogen-bond acceptors (Lipinski definition) is 5. The SMILES string of the molecule is Cc1cc(C(=O)c2c(NC(=O)C3CCNCC3)sc3c2ccc(=O)n3-c2ccccc2F)ccc1F.Cl. The molecule has 1 aliphatic heterocycles. The van der Waals surface area contributed by atoms with Gasteiger partial charge in [0.2, 0.25) is 5.91 Å². The van der Waals surface area contributed by atoms with E-state index in [1.807, 2.05) is 0 Å². The van der Waals surface area contributed by atoms with Crippen LogP contribution in [0.1, 0.15) is 34.3 Å². The Morgan fingerprint density at radius 3 is 2.46 bits per heavy atom. The molecule has 1 aliphatic rings. The average Bonchev–Trinajstić information content (AvgIpc) is 3.24. The zero-order chi connectivity index (χ0) is 25.4. The number of aryl methyl sites for hydroxylation is 1. The Morgan fingerprint density at radius 2 is 1.76 bits per heavy atom. The van der Waals surface area contributed by atoms with Crippen LogP contribution < -0.4 is 16.2 Å². The van der Waals surface area contributed by atoms with Crippen molar-refractivity contribution in [2.45, 2.75) is 19.8 Å². The Morgan fingerprint density at radius 1 is 1.03 bits per heavy atom. The number of anilines is 1. The number of thiophene rings is 1. The quantitative estimate of drug-likeness (QED) is 0.338. The lowest BCUT2D eigenvalue weighted by molar-refractivity contribution is -0.120. The van der Waals surface area contributed by atoms with Crippen molar-refractivity contribution in [2.75, 3.05) is 18.4 Å². The second-order valence-corrected chi connectivity index (χ2v) is 9.79. The fourth-order valence-corrected chi connectivity index (χ4v) is 5.69. The number of nitrogens with one attached hydrogen (secondary N) is 2. The van der Waals surface area contributed by atoms with E-state index in [9.17, 15) is 23.2 Å². The number of benzene rings is 2. The van der Waals surface area contributed by atoms with Gasteiger partial charge in [-0.1, -0.05) is 23.5 Å². The summed E-state index contributed by atoms with van der Waals surface area (Å²) in [5, 5.41) is 6.80. The number of piperidine rings is 1. The number of carbonyl (C=O) groups is 2. The summed E-state index contributed by atoms with van der Waals surface area (Å²) >= 11 is 1.04. The third-order valence-corrected chi connectivity index (χ3v) is 7.53. The Kier molecular flexibility index (Phi) is 7.87. The van der Waals surface area contributed by atoms with Crippen LogP contribution in [-0.2, 0) is 4.79 Å². The van der Waals surface area contributed by atoms with Crippen LogP contribution in [-0.4, -0.2) is 29.3 Å². The van der Waals surface area contributed by atoms with Gasteiger partial charge >= 0.3 is 0 Å². The third-order valence-electron chi connectivity index (χ3n) is 6.43. The maximum atomic E-state index is 14.7. The van der Waals surface area contributed by atoms with Crippen LogP contribution in [0.5, 0.6) is 0 Å². The normalized spacial score (nSPS) is 13.8. The molecule has 0 saturated carbocycles. The lowest BCUT2D eigenvalue weighted by atomic mass is 9.97. The van der Waals surface area contributed by atoms with E-state index in [1.54, 1.807) is 13.0 Å². The van der Waals surface area contributed by atoms with E-state index < -0.39 is 23.0 Å². The van der Waals surface area contributed by atoms with E-state index in [-0.39, 0.29) is 46.0 Å². The smallest absolute Gasteiger partial charge is 0.256 e. The summed E-state index contributed by atoms with van der Waals surface area (Å²) in [6.45, 7) is 3.00. The summed E-state index contributed by atoms with van der Waals surface area (Å²) in [6.07, 6.45) is 1.33. The van der Waals surface area contributed by atoms with Gasteiger partial charge in [-0.3, -0.25) is 19.0 Å². The first-order valence-electron chi connectivity index (χ1n) is 11.6. The first-order chi connectivity index (χ1) is 17.3. The summed E-state index contributed by atoms with van der Waals surface area (Å²) in [6, 6.07) is 12.7. The molecule has 4 aromatic rings. The summed E-state index contributed by atoms with van der Waals surface area (Å²) in [7, 11) is 0. The molecule has 1 fully saturated rings. The van der Waals surface area contributed by atoms with Crippen LogP contribution in [0.2, 0.25) is 0 Å². The molecular formula is C27H24ClF2N3O3S. The standard InChI is InChI=1S/C27H23F2N3O3S.ClH/c1-15-14-17(6-8-19(15)28)24(34)23-18-7-9-22(33)32(21-5-3-2-4-20(21)29)27(18)36-26(23)31-25(35)16-10-12-30-13-11-16;/h2-9,14,16,30H,10-13H2,1H3,(H,31,35);1H. The number of pyridine rings is 1. The van der Waals surface area contributed by atoms with E-state index in [4.69, 9.17) is 0 Å². The summed E-state index contributed by atoms with van der Waals surface area (Å²) in [5.74, 6) is -1.89. The molecule has 0 radical (unpaired) electrons. The van der Waals surface area contributed by atoms with Crippen molar-refractivity contribution >= 4 is 50.7 Å². The fraction of sp³-hybridized carbons (Fsp3) is 0.222. The predicted octanol–water partition coefficient (Wildman–Crippen LogP) is 5.23. The Bertz CT molecular complexity index is 1560. The minimum absolute atomic E-state index is 0. The van der Waals surface area contributed by atoms with Crippen LogP contribution >= 0.6 is 23.7 Å². The van der Waals surface area contributed by atoms with Crippen molar-refractivity contribution in [3.05, 3.63) is 93.3 Å². The number of para-hydroxylation sites is 1. The molecule has 192 valence electrons. The molecular weight excluding hydrogens is 520 g/mol. The molecule has 0 atom stereocenters. The highest BCUT2D eigenvalue weighted by molar-refractivity contribution is 7.23. The van der Waals surface area contributed by atoms with Crippen molar-refractivity contribution in [1.82, 2.24) is 9.88 Å². The molecule has 0 bridgehead atoms. The van der Waals surface area contributed by atoms with Gasteiger partial charge in [-0.05, 0) is 74.8 Å². The minimum Gasteiger partial charge on any atom is -0.317 e. The molecule has 0 spiro atoms. The Balaban J connectivity index is 0.00000320. The zero-order valence-electron chi connectivity index (χ0n) is 19.8. The first kappa shape index (κ1) is 26.7. The number of rotatable bonds is 5. The summed E-state index contributed by atoms with van der Waals surface area (Å²) < 4.78 is 29.8. The van der Waals surface area contributed by atoms with Crippen molar-refractivity contribution in [1.29, 1.82) is 0 Å². The zero-order valence-corrected chi connectivity index (χ0v) is 21.5. The van der Waals surface area contributed by atoms with Crippen LogP contribution in [0.3, 0.4) is 0 Å². The van der Waals surface area contributed by atoms with Crippen LogP contribution in [0.25, 0.3) is 15.9 Å². The van der Waals surface area contributed by atoms with Gasteiger partial charge in [0.1, 0.15) is 21.5 Å². The maximum Gasteiger partial charge on any atom is 0.256 e. The molecule has 2 aromatic carbocycles. The van der Waals surface area contributed by atoms with Gasteiger partial charge < -0.3 is 10.6 Å². The number of ketones is 1. The minimum atomic E-state index is -0.595. The molecule has 2 aromatic heterocycles. The number of amides is 1. The lowest BCUT2D eigenvalue weighted by Gasteiger charge is -2.21. The highest BCUT2D eigenvalue weighted by Crippen LogP contribution is 2.38. The van der Waals surface area contributed by atoms with E-state index >= 15 is 0 Å². The van der Waals surface area contributed by atoms with E-state index in [2.05, 4.69) is 10.6 Å². The molecule has 1 amide bonds. The number of halogens is 3. The van der Waals surface area contributed by atoms with Gasteiger partial charge in [0, 0.05) is 22.9 Å². The molecule has 1 saturated heterocycles. The largest absolute Gasteiger partial charge is 0.317 e. The molecule has 2 N–H and O–H groups in total. The Labute approximate surface area is 221 Å².